The first-order valence-corrected chi connectivity index (χ1v) is 4.50. The summed E-state index contributed by atoms with van der Waals surface area (Å²) in [6.45, 7) is 0. The average molecular weight is 221 g/mol. The van der Waals surface area contributed by atoms with Gasteiger partial charge in [0.05, 0.1) is 5.52 Å². The molecule has 3 heterocycles. The van der Waals surface area contributed by atoms with Gasteiger partial charge in [-0.05, 0) is 40.2 Å². The number of hydrogen-bond acceptors (Lipinski definition) is 1. The zero-order chi connectivity index (χ0) is 8.13. The number of aromatic nitrogens is 2. The van der Waals surface area contributed by atoms with Crippen LogP contribution in [0.4, 0.5) is 0 Å². The Labute approximate surface area is 77.3 Å². The van der Waals surface area contributed by atoms with Gasteiger partial charge in [0.25, 0.3) is 0 Å². The molecule has 3 aromatic rings. The first kappa shape index (κ1) is 6.43. The average Bonchev–Trinajstić information content (AvgIpc) is 2.61. The molecule has 0 unspecified atom stereocenters. The van der Waals surface area contributed by atoms with E-state index in [0.29, 0.717) is 0 Å². The predicted molar refractivity (Wildman–Crippen MR) is 51.6 cm³/mol. The van der Waals surface area contributed by atoms with Crippen LogP contribution in [0.5, 0.6) is 0 Å². The molecule has 0 amide bonds. The molecule has 0 aliphatic carbocycles. The normalized spacial score (nSPS) is 11.8. The van der Waals surface area contributed by atoms with Gasteiger partial charge in [0.15, 0.2) is 0 Å². The van der Waals surface area contributed by atoms with Crippen molar-refractivity contribution in [1.29, 1.82) is 0 Å². The molecule has 0 atom stereocenters. The summed E-state index contributed by atoms with van der Waals surface area (Å²) in [4.78, 5) is 4.35. The van der Waals surface area contributed by atoms with E-state index >= 15 is 0 Å². The van der Waals surface area contributed by atoms with Gasteiger partial charge in [-0.1, -0.05) is 6.07 Å². The molecule has 0 bridgehead atoms. The summed E-state index contributed by atoms with van der Waals surface area (Å²) in [5.41, 5.74) is 3.33. The second kappa shape index (κ2) is 1.98. The quantitative estimate of drug-likeness (QED) is 0.570. The molecule has 0 N–H and O–H groups in total. The third-order valence-electron chi connectivity index (χ3n) is 2.08. The van der Waals surface area contributed by atoms with Gasteiger partial charge in [-0.2, -0.15) is 0 Å². The summed E-state index contributed by atoms with van der Waals surface area (Å²) in [5, 5.41) is 0. The molecule has 3 heteroatoms. The fourth-order valence-electron chi connectivity index (χ4n) is 1.55. The van der Waals surface area contributed by atoms with Crippen molar-refractivity contribution < 1.29 is 0 Å². The molecule has 2 nitrogen and oxygen atoms in total. The molecule has 0 spiro atoms. The standard InChI is InChI=1S/C9H5BrN2/c10-9-7-3-1-2-6-4-5-8(11-9)12(6)7/h1-5H. The summed E-state index contributed by atoms with van der Waals surface area (Å²) in [5.74, 6) is 0. The van der Waals surface area contributed by atoms with Crippen LogP contribution in [0.1, 0.15) is 0 Å². The van der Waals surface area contributed by atoms with Gasteiger partial charge in [-0.3, -0.25) is 4.40 Å². The van der Waals surface area contributed by atoms with Gasteiger partial charge in [-0.25, -0.2) is 4.98 Å². The van der Waals surface area contributed by atoms with Crippen molar-refractivity contribution in [3.63, 3.8) is 0 Å². The van der Waals surface area contributed by atoms with Crippen molar-refractivity contribution in [3.8, 4) is 0 Å². The lowest BCUT2D eigenvalue weighted by Gasteiger charge is -1.92. The topological polar surface area (TPSA) is 17.3 Å². The third-order valence-corrected chi connectivity index (χ3v) is 2.66. The maximum absolute atomic E-state index is 4.35. The van der Waals surface area contributed by atoms with Crippen LogP contribution in [-0.2, 0) is 0 Å². The lowest BCUT2D eigenvalue weighted by Crippen LogP contribution is -1.79. The Morgan fingerprint density at radius 1 is 1.17 bits per heavy atom. The van der Waals surface area contributed by atoms with E-state index in [1.807, 2.05) is 12.1 Å². The highest BCUT2D eigenvalue weighted by atomic mass is 79.9. The van der Waals surface area contributed by atoms with Crippen LogP contribution >= 0.6 is 15.9 Å². The SMILES string of the molecule is Brc1nc2ccc3cccc1n32. The monoisotopic (exact) mass is 220 g/mol. The van der Waals surface area contributed by atoms with E-state index in [2.05, 4.69) is 43.5 Å². The second-order valence-electron chi connectivity index (χ2n) is 2.77. The Hall–Kier alpha value is -1.09. The van der Waals surface area contributed by atoms with E-state index in [0.717, 1.165) is 15.8 Å². The van der Waals surface area contributed by atoms with E-state index in [1.54, 1.807) is 0 Å². The van der Waals surface area contributed by atoms with Gasteiger partial charge in [0, 0.05) is 5.52 Å². The maximum atomic E-state index is 4.35. The summed E-state index contributed by atoms with van der Waals surface area (Å²) < 4.78 is 3.05. The van der Waals surface area contributed by atoms with Gasteiger partial charge >= 0.3 is 0 Å². The van der Waals surface area contributed by atoms with E-state index in [4.69, 9.17) is 0 Å². The van der Waals surface area contributed by atoms with Gasteiger partial charge in [0.2, 0.25) is 0 Å². The molecule has 0 aliphatic rings. The lowest BCUT2D eigenvalue weighted by molar-refractivity contribution is 1.32. The zero-order valence-corrected chi connectivity index (χ0v) is 7.75. The van der Waals surface area contributed by atoms with Crippen LogP contribution in [0.15, 0.2) is 34.9 Å². The zero-order valence-electron chi connectivity index (χ0n) is 6.16. The van der Waals surface area contributed by atoms with Crippen molar-refractivity contribution in [2.45, 2.75) is 0 Å². The molecule has 0 aliphatic heterocycles. The molecule has 0 radical (unpaired) electrons. The predicted octanol–water partition coefficient (Wildman–Crippen LogP) is 2.69. The Kier molecular flexibility index (Phi) is 1.06. The second-order valence-corrected chi connectivity index (χ2v) is 3.52. The third kappa shape index (κ3) is 0.623. The van der Waals surface area contributed by atoms with Crippen LogP contribution in [0, 0.1) is 0 Å². The van der Waals surface area contributed by atoms with Crippen LogP contribution < -0.4 is 0 Å². The van der Waals surface area contributed by atoms with Crippen molar-refractivity contribution in [2.24, 2.45) is 0 Å². The van der Waals surface area contributed by atoms with Crippen molar-refractivity contribution in [2.75, 3.05) is 0 Å². The van der Waals surface area contributed by atoms with Crippen molar-refractivity contribution >= 4 is 32.6 Å². The summed E-state index contributed by atoms with van der Waals surface area (Å²) in [7, 11) is 0. The largest absolute Gasteiger partial charge is 0.292 e. The van der Waals surface area contributed by atoms with Gasteiger partial charge < -0.3 is 0 Å². The molecule has 12 heavy (non-hydrogen) atoms. The Morgan fingerprint density at radius 2 is 2.08 bits per heavy atom. The van der Waals surface area contributed by atoms with E-state index in [9.17, 15) is 0 Å². The number of nitrogens with zero attached hydrogens (tertiary/aromatic N) is 2. The summed E-state index contributed by atoms with van der Waals surface area (Å²) >= 11 is 3.42. The molecule has 0 saturated carbocycles. The van der Waals surface area contributed by atoms with Crippen molar-refractivity contribution in [3.05, 3.63) is 34.9 Å². The lowest BCUT2D eigenvalue weighted by atomic mass is 10.4. The molecule has 0 fully saturated rings. The van der Waals surface area contributed by atoms with Crippen LogP contribution in [0.2, 0.25) is 0 Å². The number of halogens is 1. The maximum Gasteiger partial charge on any atom is 0.139 e. The fraction of sp³-hybridized carbons (Fsp3) is 0. The Morgan fingerprint density at radius 3 is 3.00 bits per heavy atom. The van der Waals surface area contributed by atoms with Crippen LogP contribution in [0.25, 0.3) is 16.7 Å². The van der Waals surface area contributed by atoms with Crippen LogP contribution in [0.3, 0.4) is 0 Å². The molecular formula is C9H5BrN2. The number of hydrogen-bond donors (Lipinski definition) is 0. The summed E-state index contributed by atoms with van der Waals surface area (Å²) in [6.07, 6.45) is 0. The van der Waals surface area contributed by atoms with Gasteiger partial charge in [-0.15, -0.1) is 0 Å². The molecule has 0 aromatic carbocycles. The molecule has 3 aromatic heterocycles. The van der Waals surface area contributed by atoms with Crippen LogP contribution in [-0.4, -0.2) is 9.38 Å². The highest BCUT2D eigenvalue weighted by molar-refractivity contribution is 9.10. The highest BCUT2D eigenvalue weighted by Crippen LogP contribution is 2.23. The number of rotatable bonds is 0. The fourth-order valence-corrected chi connectivity index (χ4v) is 2.04. The first-order chi connectivity index (χ1) is 5.86. The summed E-state index contributed by atoms with van der Waals surface area (Å²) in [6, 6.07) is 10.3. The molecule has 3 rings (SSSR count). The minimum absolute atomic E-state index is 0.920. The van der Waals surface area contributed by atoms with Gasteiger partial charge in [0.1, 0.15) is 10.3 Å². The first-order valence-electron chi connectivity index (χ1n) is 3.71. The Balaban J connectivity index is 2.77. The van der Waals surface area contributed by atoms with Crippen molar-refractivity contribution in [1.82, 2.24) is 9.38 Å². The number of imidazole rings is 1. The molecule has 0 saturated heterocycles. The molecular weight excluding hydrogens is 216 g/mol. The minimum atomic E-state index is 0.920. The molecule has 58 valence electrons. The number of pyridine rings is 1. The minimum Gasteiger partial charge on any atom is -0.292 e. The van der Waals surface area contributed by atoms with E-state index in [-0.39, 0.29) is 0 Å². The smallest absolute Gasteiger partial charge is 0.139 e. The Bertz CT molecular complexity index is 536. The van der Waals surface area contributed by atoms with E-state index in [1.165, 1.54) is 5.52 Å². The highest BCUT2D eigenvalue weighted by Gasteiger charge is 2.07. The van der Waals surface area contributed by atoms with E-state index < -0.39 is 0 Å².